The van der Waals surface area contributed by atoms with Crippen LogP contribution < -0.4 is 4.90 Å². The summed E-state index contributed by atoms with van der Waals surface area (Å²) in [4.78, 5) is 9.85. The zero-order valence-corrected chi connectivity index (χ0v) is 19.0. The average molecular weight is 424 g/mol. The van der Waals surface area contributed by atoms with Gasteiger partial charge in [-0.05, 0) is 42.2 Å². The molecule has 4 aromatic rings. The third-order valence-electron chi connectivity index (χ3n) is 6.54. The van der Waals surface area contributed by atoms with Crippen molar-refractivity contribution in [2.45, 2.75) is 33.2 Å². The number of para-hydroxylation sites is 2. The number of pyridine rings is 1. The molecule has 32 heavy (non-hydrogen) atoms. The molecule has 0 saturated carbocycles. The fourth-order valence-electron chi connectivity index (χ4n) is 4.72. The van der Waals surface area contributed by atoms with Crippen LogP contribution in [0.3, 0.4) is 0 Å². The normalized spacial score (nSPS) is 15.0. The first-order chi connectivity index (χ1) is 15.5. The maximum atomic E-state index is 9.96. The molecule has 0 atom stereocenters. The Hall–Kier alpha value is -3.36. The van der Waals surface area contributed by atoms with Crippen LogP contribution in [0.5, 0.6) is 0 Å². The minimum atomic E-state index is 0.260. The Morgan fingerprint density at radius 1 is 1.00 bits per heavy atom. The maximum absolute atomic E-state index is 9.96. The van der Waals surface area contributed by atoms with E-state index in [0.29, 0.717) is 5.56 Å². The number of nitriles is 1. The summed E-state index contributed by atoms with van der Waals surface area (Å²) >= 11 is 0. The molecule has 0 aliphatic carbocycles. The van der Waals surface area contributed by atoms with Gasteiger partial charge in [0.1, 0.15) is 11.9 Å². The van der Waals surface area contributed by atoms with Crippen molar-refractivity contribution in [2.24, 2.45) is 0 Å². The Morgan fingerprint density at radius 2 is 1.72 bits per heavy atom. The zero-order valence-electron chi connectivity index (χ0n) is 19.0. The van der Waals surface area contributed by atoms with Crippen LogP contribution in [0.4, 0.5) is 5.82 Å². The van der Waals surface area contributed by atoms with E-state index < -0.39 is 0 Å². The van der Waals surface area contributed by atoms with E-state index in [0.717, 1.165) is 60.8 Å². The molecule has 0 amide bonds. The number of piperazine rings is 1. The Labute approximate surface area is 189 Å². The van der Waals surface area contributed by atoms with Crippen LogP contribution in [0, 0.1) is 18.3 Å². The number of benzene rings is 2. The minimum Gasteiger partial charge on any atom is -0.355 e. The summed E-state index contributed by atoms with van der Waals surface area (Å²) in [7, 11) is 0. The van der Waals surface area contributed by atoms with Gasteiger partial charge in [-0.1, -0.05) is 55.8 Å². The maximum Gasteiger partial charge on any atom is 0.157 e. The predicted octanol–water partition coefficient (Wildman–Crippen LogP) is 5.11. The van der Waals surface area contributed by atoms with Gasteiger partial charge in [0, 0.05) is 32.7 Å². The van der Waals surface area contributed by atoms with Gasteiger partial charge in [0.15, 0.2) is 5.65 Å². The van der Waals surface area contributed by atoms with Gasteiger partial charge in [0.2, 0.25) is 0 Å². The van der Waals surface area contributed by atoms with Crippen molar-refractivity contribution >= 4 is 22.5 Å². The second-order valence-corrected chi connectivity index (χ2v) is 9.11. The lowest BCUT2D eigenvalue weighted by atomic mass is 9.98. The van der Waals surface area contributed by atoms with Crippen molar-refractivity contribution < 1.29 is 0 Å². The van der Waals surface area contributed by atoms with Crippen LogP contribution in [0.1, 0.15) is 42.0 Å². The molecule has 5 rings (SSSR count). The lowest BCUT2D eigenvalue weighted by Gasteiger charge is -2.36. The van der Waals surface area contributed by atoms with E-state index in [1.54, 1.807) is 0 Å². The third-order valence-corrected chi connectivity index (χ3v) is 6.54. The number of fused-ring (bicyclic) bond motifs is 3. The van der Waals surface area contributed by atoms with Crippen molar-refractivity contribution in [3.05, 3.63) is 76.9 Å². The lowest BCUT2D eigenvalue weighted by Crippen LogP contribution is -2.46. The number of imidazole rings is 1. The first-order valence-electron chi connectivity index (χ1n) is 11.4. The molecule has 0 bridgehead atoms. The summed E-state index contributed by atoms with van der Waals surface area (Å²) in [6.07, 6.45) is 0. The number of aromatic nitrogens is 2. The Balaban J connectivity index is 1.50. The number of rotatable bonds is 4. The van der Waals surface area contributed by atoms with Crippen molar-refractivity contribution in [3.63, 3.8) is 0 Å². The van der Waals surface area contributed by atoms with E-state index >= 15 is 0 Å². The summed E-state index contributed by atoms with van der Waals surface area (Å²) in [5, 5.41) is 9.96. The van der Waals surface area contributed by atoms with Crippen molar-refractivity contribution in [2.75, 3.05) is 31.1 Å². The zero-order chi connectivity index (χ0) is 22.2. The highest BCUT2D eigenvalue weighted by Crippen LogP contribution is 2.32. The number of hydrogen-bond donors (Lipinski definition) is 0. The van der Waals surface area contributed by atoms with Crippen molar-refractivity contribution in [1.29, 1.82) is 5.26 Å². The molecule has 0 radical (unpaired) electrons. The van der Waals surface area contributed by atoms with Gasteiger partial charge < -0.3 is 4.90 Å². The van der Waals surface area contributed by atoms with Gasteiger partial charge >= 0.3 is 0 Å². The molecule has 3 heterocycles. The molecule has 0 unspecified atom stereocenters. The van der Waals surface area contributed by atoms with E-state index in [2.05, 4.69) is 77.4 Å². The van der Waals surface area contributed by atoms with Gasteiger partial charge in [-0.15, -0.1) is 0 Å². The fourth-order valence-corrected chi connectivity index (χ4v) is 4.72. The molecule has 1 aliphatic rings. The Kier molecular flexibility index (Phi) is 5.32. The highest BCUT2D eigenvalue weighted by atomic mass is 15.3. The number of anilines is 1. The molecular formula is C27H29N5. The molecule has 2 aromatic heterocycles. The topological polar surface area (TPSA) is 47.6 Å². The number of hydrogen-bond acceptors (Lipinski definition) is 4. The molecule has 1 fully saturated rings. The molecule has 162 valence electrons. The van der Waals surface area contributed by atoms with E-state index in [4.69, 9.17) is 4.98 Å². The van der Waals surface area contributed by atoms with Crippen LogP contribution in [-0.4, -0.2) is 40.5 Å². The van der Waals surface area contributed by atoms with E-state index in [9.17, 15) is 5.26 Å². The second kappa shape index (κ2) is 8.29. The summed E-state index contributed by atoms with van der Waals surface area (Å²) in [6.45, 7) is 11.4. The third kappa shape index (κ3) is 3.61. The second-order valence-electron chi connectivity index (χ2n) is 9.11. The molecule has 5 heteroatoms. The molecule has 0 N–H and O–H groups in total. The molecule has 2 aromatic carbocycles. The first kappa shape index (κ1) is 20.5. The SMILES string of the molecule is Cc1ccc(CN2CCN(c3cc(C(C)C)c(C#N)c4nc5ccccc5n34)CC2)cc1. The Bertz CT molecular complexity index is 1300. The van der Waals surface area contributed by atoms with Crippen LogP contribution in [0.15, 0.2) is 54.6 Å². The highest BCUT2D eigenvalue weighted by molar-refractivity contribution is 5.85. The van der Waals surface area contributed by atoms with Crippen molar-refractivity contribution in [1.82, 2.24) is 14.3 Å². The first-order valence-corrected chi connectivity index (χ1v) is 11.4. The summed E-state index contributed by atoms with van der Waals surface area (Å²) in [5.41, 5.74) is 7.21. The summed E-state index contributed by atoms with van der Waals surface area (Å²) in [6, 6.07) is 21.7. The van der Waals surface area contributed by atoms with Crippen LogP contribution in [0.25, 0.3) is 16.7 Å². The van der Waals surface area contributed by atoms with Gasteiger partial charge in [-0.25, -0.2) is 4.98 Å². The van der Waals surface area contributed by atoms with Crippen LogP contribution in [0.2, 0.25) is 0 Å². The van der Waals surface area contributed by atoms with Gasteiger partial charge in [-0.3, -0.25) is 9.30 Å². The lowest BCUT2D eigenvalue weighted by molar-refractivity contribution is 0.249. The molecular weight excluding hydrogens is 394 g/mol. The Morgan fingerprint density at radius 3 is 2.41 bits per heavy atom. The van der Waals surface area contributed by atoms with Gasteiger partial charge in [-0.2, -0.15) is 5.26 Å². The van der Waals surface area contributed by atoms with Gasteiger partial charge in [0.05, 0.1) is 16.6 Å². The van der Waals surface area contributed by atoms with Crippen LogP contribution >= 0.6 is 0 Å². The quantitative estimate of drug-likeness (QED) is 0.457. The number of aryl methyl sites for hydroxylation is 1. The minimum absolute atomic E-state index is 0.260. The van der Waals surface area contributed by atoms with E-state index in [1.807, 2.05) is 18.2 Å². The van der Waals surface area contributed by atoms with E-state index in [-0.39, 0.29) is 5.92 Å². The summed E-state index contributed by atoms with van der Waals surface area (Å²) in [5.74, 6) is 1.41. The molecule has 1 saturated heterocycles. The smallest absolute Gasteiger partial charge is 0.157 e. The average Bonchev–Trinajstić information content (AvgIpc) is 3.19. The fraction of sp³-hybridized carbons (Fsp3) is 0.333. The molecule has 0 spiro atoms. The number of nitrogens with zero attached hydrogens (tertiary/aromatic N) is 5. The van der Waals surface area contributed by atoms with Crippen LogP contribution in [-0.2, 0) is 6.54 Å². The predicted molar refractivity (Wildman–Crippen MR) is 130 cm³/mol. The summed E-state index contributed by atoms with van der Waals surface area (Å²) < 4.78 is 2.19. The largest absolute Gasteiger partial charge is 0.355 e. The standard InChI is InChI=1S/C27H29N5/c1-19(2)22-16-26(32-25-7-5-4-6-24(25)29-27(32)23(22)17-28)31-14-12-30(13-15-31)18-21-10-8-20(3)9-11-21/h4-11,16,19H,12-15,18H2,1-3H3. The monoisotopic (exact) mass is 423 g/mol. The molecule has 1 aliphatic heterocycles. The molecule has 5 nitrogen and oxygen atoms in total. The van der Waals surface area contributed by atoms with Gasteiger partial charge in [0.25, 0.3) is 0 Å². The van der Waals surface area contributed by atoms with Crippen molar-refractivity contribution in [3.8, 4) is 6.07 Å². The highest BCUT2D eigenvalue weighted by Gasteiger charge is 2.24. The van der Waals surface area contributed by atoms with E-state index in [1.165, 1.54) is 11.1 Å².